The fraction of sp³-hybridized carbons (Fsp3) is 0.0833. The number of benzene rings is 1. The molecular weight excluding hydrogens is 349 g/mol. The minimum Gasteiger partial charge on any atom is -0.326 e. The average Bonchev–Trinajstić information content (AvgIpc) is 2.43. The van der Waals surface area contributed by atoms with E-state index in [1.54, 1.807) is 6.07 Å². The van der Waals surface area contributed by atoms with Crippen molar-refractivity contribution < 1.29 is 12.8 Å². The van der Waals surface area contributed by atoms with Gasteiger partial charge in [-0.15, -0.1) is 0 Å². The van der Waals surface area contributed by atoms with Gasteiger partial charge in [-0.3, -0.25) is 4.72 Å². The number of rotatable bonds is 4. The fourth-order valence-electron chi connectivity index (χ4n) is 1.47. The zero-order valence-electron chi connectivity index (χ0n) is 10.2. The van der Waals surface area contributed by atoms with Crippen LogP contribution in [-0.2, 0) is 16.6 Å². The van der Waals surface area contributed by atoms with Gasteiger partial charge in [-0.1, -0.05) is 12.1 Å². The van der Waals surface area contributed by atoms with Crippen LogP contribution >= 0.6 is 15.9 Å². The van der Waals surface area contributed by atoms with E-state index in [2.05, 4.69) is 25.6 Å². The van der Waals surface area contributed by atoms with E-state index in [0.717, 1.165) is 6.07 Å². The van der Waals surface area contributed by atoms with Crippen LogP contribution in [0.5, 0.6) is 0 Å². The molecule has 106 valence electrons. The highest BCUT2D eigenvalue weighted by atomic mass is 79.9. The van der Waals surface area contributed by atoms with Gasteiger partial charge in [0.25, 0.3) is 10.0 Å². The second kappa shape index (κ2) is 5.86. The molecule has 1 aromatic heterocycles. The summed E-state index contributed by atoms with van der Waals surface area (Å²) in [6.07, 6.45) is 1.37. The number of nitrogens with zero attached hydrogens (tertiary/aromatic N) is 1. The highest BCUT2D eigenvalue weighted by Crippen LogP contribution is 2.27. The number of nitrogens with two attached hydrogens (primary N) is 1. The predicted molar refractivity (Wildman–Crippen MR) is 77.0 cm³/mol. The normalized spacial score (nSPS) is 11.3. The van der Waals surface area contributed by atoms with Crippen LogP contribution in [0.3, 0.4) is 0 Å². The van der Waals surface area contributed by atoms with E-state index in [1.807, 2.05) is 0 Å². The zero-order chi connectivity index (χ0) is 14.8. The number of pyridine rings is 1. The van der Waals surface area contributed by atoms with E-state index in [0.29, 0.717) is 10.0 Å². The van der Waals surface area contributed by atoms with Crippen LogP contribution < -0.4 is 10.5 Å². The molecule has 1 aromatic carbocycles. The van der Waals surface area contributed by atoms with Gasteiger partial charge in [0, 0.05) is 17.2 Å². The Balaban J connectivity index is 2.35. The van der Waals surface area contributed by atoms with Gasteiger partial charge >= 0.3 is 0 Å². The molecule has 0 aliphatic heterocycles. The Labute approximate surface area is 124 Å². The molecular formula is C12H11BrFN3O2S. The third-order valence-corrected chi connectivity index (χ3v) is 4.43. The van der Waals surface area contributed by atoms with Gasteiger partial charge in [-0.2, -0.15) is 8.42 Å². The average molecular weight is 360 g/mol. The van der Waals surface area contributed by atoms with Crippen molar-refractivity contribution in [3.8, 4) is 0 Å². The van der Waals surface area contributed by atoms with Crippen LogP contribution in [0.2, 0.25) is 0 Å². The van der Waals surface area contributed by atoms with Crippen LogP contribution in [0.4, 0.5) is 10.1 Å². The summed E-state index contributed by atoms with van der Waals surface area (Å²) in [5.41, 5.74) is 5.96. The van der Waals surface area contributed by atoms with E-state index in [-0.39, 0.29) is 17.3 Å². The largest absolute Gasteiger partial charge is 0.326 e. The molecule has 5 nitrogen and oxygen atoms in total. The van der Waals surface area contributed by atoms with Crippen molar-refractivity contribution in [2.45, 2.75) is 11.6 Å². The Morgan fingerprint density at radius 3 is 2.60 bits per heavy atom. The van der Waals surface area contributed by atoms with Crippen LogP contribution in [-0.4, -0.2) is 13.4 Å². The number of halogens is 2. The van der Waals surface area contributed by atoms with Gasteiger partial charge in [0.1, 0.15) is 5.82 Å². The Bertz CT molecular complexity index is 700. The number of sulfonamides is 1. The molecule has 3 N–H and O–H groups in total. The number of anilines is 1. The van der Waals surface area contributed by atoms with E-state index in [9.17, 15) is 12.8 Å². The smallest absolute Gasteiger partial charge is 0.279 e. The molecule has 1 heterocycles. The van der Waals surface area contributed by atoms with Crippen molar-refractivity contribution in [3.63, 3.8) is 0 Å². The molecule has 0 aliphatic rings. The molecule has 0 unspecified atom stereocenters. The number of hydrogen-bond acceptors (Lipinski definition) is 4. The van der Waals surface area contributed by atoms with Crippen molar-refractivity contribution in [2.75, 3.05) is 4.72 Å². The van der Waals surface area contributed by atoms with E-state index in [4.69, 9.17) is 5.73 Å². The minimum absolute atomic E-state index is 0.155. The van der Waals surface area contributed by atoms with Crippen LogP contribution in [0.1, 0.15) is 5.56 Å². The second-order valence-electron chi connectivity index (χ2n) is 3.91. The molecule has 0 saturated carbocycles. The van der Waals surface area contributed by atoms with Crippen LogP contribution in [0.25, 0.3) is 0 Å². The summed E-state index contributed by atoms with van der Waals surface area (Å²) in [5, 5.41) is -0.204. The van der Waals surface area contributed by atoms with Gasteiger partial charge < -0.3 is 5.73 Å². The fourth-order valence-corrected chi connectivity index (χ4v) is 3.06. The first-order valence-corrected chi connectivity index (χ1v) is 7.83. The molecule has 2 rings (SSSR count). The topological polar surface area (TPSA) is 85.1 Å². The summed E-state index contributed by atoms with van der Waals surface area (Å²) in [6, 6.07) is 7.03. The summed E-state index contributed by atoms with van der Waals surface area (Å²) < 4.78 is 40.3. The maximum atomic E-state index is 13.6. The first kappa shape index (κ1) is 14.9. The number of aromatic nitrogens is 1. The van der Waals surface area contributed by atoms with E-state index < -0.39 is 15.8 Å². The van der Waals surface area contributed by atoms with Gasteiger partial charge in [-0.25, -0.2) is 9.37 Å². The maximum Gasteiger partial charge on any atom is 0.279 e. The van der Waals surface area contributed by atoms with Crippen LogP contribution in [0, 0.1) is 5.82 Å². The number of para-hydroxylation sites is 1. The monoisotopic (exact) mass is 359 g/mol. The molecule has 0 fully saturated rings. The third kappa shape index (κ3) is 3.14. The van der Waals surface area contributed by atoms with Gasteiger partial charge in [0.15, 0.2) is 5.03 Å². The van der Waals surface area contributed by atoms with Gasteiger partial charge in [-0.05, 0) is 39.7 Å². The highest BCUT2D eigenvalue weighted by Gasteiger charge is 2.19. The van der Waals surface area contributed by atoms with Crippen molar-refractivity contribution in [2.24, 2.45) is 5.73 Å². The lowest BCUT2D eigenvalue weighted by molar-refractivity contribution is 0.595. The Kier molecular flexibility index (Phi) is 4.36. The van der Waals surface area contributed by atoms with E-state index in [1.165, 1.54) is 24.4 Å². The van der Waals surface area contributed by atoms with Crippen molar-refractivity contribution in [1.29, 1.82) is 0 Å². The first-order valence-electron chi connectivity index (χ1n) is 5.56. The summed E-state index contributed by atoms with van der Waals surface area (Å²) in [5.74, 6) is -0.679. The molecule has 0 amide bonds. The third-order valence-electron chi connectivity index (χ3n) is 2.51. The van der Waals surface area contributed by atoms with Gasteiger partial charge in [0.05, 0.1) is 5.69 Å². The Morgan fingerprint density at radius 1 is 1.30 bits per heavy atom. The first-order chi connectivity index (χ1) is 9.44. The molecule has 2 aromatic rings. The van der Waals surface area contributed by atoms with Gasteiger partial charge in [0.2, 0.25) is 0 Å². The van der Waals surface area contributed by atoms with E-state index >= 15 is 0 Å². The number of hydrogen-bond donors (Lipinski definition) is 2. The second-order valence-corrected chi connectivity index (χ2v) is 6.39. The maximum absolute atomic E-state index is 13.6. The van der Waals surface area contributed by atoms with Crippen LogP contribution in [0.15, 0.2) is 46.0 Å². The quantitative estimate of drug-likeness (QED) is 0.876. The lowest BCUT2D eigenvalue weighted by atomic mass is 10.3. The summed E-state index contributed by atoms with van der Waals surface area (Å²) >= 11 is 3.09. The Hall–Kier alpha value is -1.51. The summed E-state index contributed by atoms with van der Waals surface area (Å²) in [6.45, 7) is 0.264. The number of nitrogens with one attached hydrogen (secondary N) is 1. The highest BCUT2D eigenvalue weighted by molar-refractivity contribution is 9.10. The van der Waals surface area contributed by atoms with Crippen molar-refractivity contribution in [3.05, 3.63) is 52.4 Å². The molecule has 0 aliphatic carbocycles. The summed E-state index contributed by atoms with van der Waals surface area (Å²) in [4.78, 5) is 3.81. The lowest BCUT2D eigenvalue weighted by Crippen LogP contribution is -2.16. The lowest BCUT2D eigenvalue weighted by Gasteiger charge is -2.10. The molecule has 0 radical (unpaired) electrons. The minimum atomic E-state index is -3.96. The van der Waals surface area contributed by atoms with Crippen molar-refractivity contribution in [1.82, 2.24) is 4.98 Å². The SMILES string of the molecule is NCc1ccc(S(=O)(=O)Nc2c(F)cccc2Br)nc1. The zero-order valence-corrected chi connectivity index (χ0v) is 12.6. The molecule has 8 heteroatoms. The van der Waals surface area contributed by atoms with Crippen molar-refractivity contribution >= 4 is 31.6 Å². The molecule has 0 saturated heterocycles. The molecule has 0 spiro atoms. The molecule has 20 heavy (non-hydrogen) atoms. The molecule has 0 atom stereocenters. The standard InChI is InChI=1S/C12H11BrFN3O2S/c13-9-2-1-3-10(14)12(9)17-20(18,19)11-5-4-8(6-15)7-16-11/h1-5,7,17H,6,15H2. The summed E-state index contributed by atoms with van der Waals surface area (Å²) in [7, 11) is -3.96. The molecule has 0 bridgehead atoms. The predicted octanol–water partition coefficient (Wildman–Crippen LogP) is 2.24. The Morgan fingerprint density at radius 2 is 2.05 bits per heavy atom.